The van der Waals surface area contributed by atoms with E-state index in [0.717, 1.165) is 16.7 Å². The number of rotatable bonds is 2. The van der Waals surface area contributed by atoms with E-state index in [1.165, 1.54) is 4.90 Å². The Balaban J connectivity index is 1.56. The van der Waals surface area contributed by atoms with Crippen LogP contribution in [-0.4, -0.2) is 67.9 Å². The molecule has 1 saturated carbocycles. The molecule has 1 N–H and O–H groups in total. The van der Waals surface area contributed by atoms with Crippen molar-refractivity contribution >= 4 is 40.7 Å². The number of imidazole rings is 1. The highest BCUT2D eigenvalue weighted by Gasteiger charge is 2.38. The summed E-state index contributed by atoms with van der Waals surface area (Å²) in [6.45, 7) is 0.297. The average molecular weight is 479 g/mol. The molecule has 2 fully saturated rings. The minimum absolute atomic E-state index is 0.0171. The van der Waals surface area contributed by atoms with Gasteiger partial charge in [-0.3, -0.25) is 14.0 Å². The molecule has 0 aromatic carbocycles. The summed E-state index contributed by atoms with van der Waals surface area (Å²) in [5, 5.41) is 9.14. The minimum atomic E-state index is -4.74. The maximum Gasteiger partial charge on any atom is 0.420 e. The minimum Gasteiger partial charge on any atom is -0.393 e. The number of alkyl halides is 3. The maximum absolute atomic E-state index is 13.4. The van der Waals surface area contributed by atoms with Gasteiger partial charge < -0.3 is 14.9 Å². The second kappa shape index (κ2) is 8.14. The number of carbonyl (C=O) groups is 2. The summed E-state index contributed by atoms with van der Waals surface area (Å²) < 4.78 is 41.0. The molecule has 31 heavy (non-hydrogen) atoms. The first kappa shape index (κ1) is 22.2. The molecule has 1 aliphatic carbocycles. The Morgan fingerprint density at radius 3 is 2.45 bits per heavy atom. The summed E-state index contributed by atoms with van der Waals surface area (Å²) in [6, 6.07) is 0.737. The first-order chi connectivity index (χ1) is 14.6. The molecule has 1 aliphatic heterocycles. The predicted molar refractivity (Wildman–Crippen MR) is 106 cm³/mol. The van der Waals surface area contributed by atoms with Crippen molar-refractivity contribution in [2.45, 2.75) is 44.0 Å². The van der Waals surface area contributed by atoms with Crippen molar-refractivity contribution in [3.05, 3.63) is 33.7 Å². The number of halogens is 5. The number of aliphatic hydroxyl groups is 1. The Hall–Kier alpha value is -2.04. The number of aromatic nitrogens is 2. The monoisotopic (exact) mass is 478 g/mol. The molecule has 7 nitrogen and oxygen atoms in total. The lowest BCUT2D eigenvalue weighted by Gasteiger charge is -2.41. The number of hydrogen-bond donors (Lipinski definition) is 1. The van der Waals surface area contributed by atoms with E-state index in [1.54, 1.807) is 4.90 Å². The van der Waals surface area contributed by atoms with Crippen LogP contribution < -0.4 is 0 Å². The van der Waals surface area contributed by atoms with Gasteiger partial charge in [0.05, 0.1) is 11.1 Å². The van der Waals surface area contributed by atoms with Crippen LogP contribution in [0.15, 0.2) is 12.3 Å². The van der Waals surface area contributed by atoms with Crippen molar-refractivity contribution in [2.75, 3.05) is 19.6 Å². The first-order valence-corrected chi connectivity index (χ1v) is 10.5. The van der Waals surface area contributed by atoms with Crippen LogP contribution in [0.2, 0.25) is 10.2 Å². The lowest BCUT2D eigenvalue weighted by Crippen LogP contribution is -2.56. The van der Waals surface area contributed by atoms with E-state index in [9.17, 15) is 27.9 Å². The fourth-order valence-electron chi connectivity index (χ4n) is 4.19. The second-order valence-electron chi connectivity index (χ2n) is 7.79. The number of carbonyl (C=O) groups excluding carboxylic acids is 2. The molecule has 2 aromatic rings. The molecular formula is C19H19Cl2F3N4O3. The zero-order chi connectivity index (χ0) is 22.5. The van der Waals surface area contributed by atoms with Gasteiger partial charge in [0.1, 0.15) is 17.3 Å². The van der Waals surface area contributed by atoms with Gasteiger partial charge in [-0.1, -0.05) is 23.2 Å². The van der Waals surface area contributed by atoms with Gasteiger partial charge in [-0.05, 0) is 31.7 Å². The highest BCUT2D eigenvalue weighted by atomic mass is 35.5. The number of hydrogen-bond acceptors (Lipinski definition) is 4. The SMILES string of the molecule is O=C(c1nc2c(C(F)(F)F)cc(Cl)cn2c1Cl)N1CCN([C@H]2CC[C@H](O)CC2)C(=O)C1. The van der Waals surface area contributed by atoms with Gasteiger partial charge in [0.25, 0.3) is 5.91 Å². The Bertz CT molecular complexity index is 1030. The predicted octanol–water partition coefficient (Wildman–Crippen LogP) is 3.25. The van der Waals surface area contributed by atoms with Gasteiger partial charge in [-0.15, -0.1) is 0 Å². The van der Waals surface area contributed by atoms with Crippen LogP contribution in [0.5, 0.6) is 0 Å². The molecule has 168 valence electrons. The molecular weight excluding hydrogens is 460 g/mol. The van der Waals surface area contributed by atoms with Gasteiger partial charge in [0.2, 0.25) is 5.91 Å². The van der Waals surface area contributed by atoms with Crippen molar-refractivity contribution in [1.29, 1.82) is 0 Å². The number of fused-ring (bicyclic) bond motifs is 1. The van der Waals surface area contributed by atoms with Crippen molar-refractivity contribution in [3.8, 4) is 0 Å². The van der Waals surface area contributed by atoms with Crippen LogP contribution in [0.1, 0.15) is 41.7 Å². The van der Waals surface area contributed by atoms with Crippen LogP contribution in [-0.2, 0) is 11.0 Å². The smallest absolute Gasteiger partial charge is 0.393 e. The van der Waals surface area contributed by atoms with E-state index in [-0.39, 0.29) is 47.0 Å². The van der Waals surface area contributed by atoms with Gasteiger partial charge in [0.15, 0.2) is 11.3 Å². The molecule has 2 amide bonds. The summed E-state index contributed by atoms with van der Waals surface area (Å²) >= 11 is 12.0. The van der Waals surface area contributed by atoms with Crippen LogP contribution in [0.25, 0.3) is 5.65 Å². The lowest BCUT2D eigenvalue weighted by molar-refractivity contribution is -0.139. The normalized spacial score (nSPS) is 23.0. The molecule has 12 heteroatoms. The number of amides is 2. The topological polar surface area (TPSA) is 78.2 Å². The van der Waals surface area contributed by atoms with E-state index >= 15 is 0 Å². The molecule has 0 radical (unpaired) electrons. The summed E-state index contributed by atoms with van der Waals surface area (Å²) in [4.78, 5) is 32.4. The number of piperazine rings is 1. The average Bonchev–Trinajstić information content (AvgIpc) is 3.03. The van der Waals surface area contributed by atoms with Crippen molar-refractivity contribution in [1.82, 2.24) is 19.2 Å². The highest BCUT2D eigenvalue weighted by Crippen LogP contribution is 2.36. The molecule has 2 aromatic heterocycles. The molecule has 3 heterocycles. The molecule has 2 aliphatic rings. The lowest BCUT2D eigenvalue weighted by atomic mass is 9.91. The number of pyridine rings is 1. The van der Waals surface area contributed by atoms with Gasteiger partial charge >= 0.3 is 6.18 Å². The summed E-state index contributed by atoms with van der Waals surface area (Å²) in [5.74, 6) is -0.968. The Kier molecular flexibility index (Phi) is 5.82. The number of aliphatic hydroxyl groups excluding tert-OH is 1. The summed E-state index contributed by atoms with van der Waals surface area (Å²) in [7, 11) is 0. The van der Waals surface area contributed by atoms with E-state index in [2.05, 4.69) is 4.98 Å². The van der Waals surface area contributed by atoms with Gasteiger partial charge in [0, 0.05) is 25.3 Å². The third kappa shape index (κ3) is 4.20. The van der Waals surface area contributed by atoms with Gasteiger partial charge in [-0.25, -0.2) is 4.98 Å². The zero-order valence-corrected chi connectivity index (χ0v) is 17.7. The largest absolute Gasteiger partial charge is 0.420 e. The molecule has 1 saturated heterocycles. The van der Waals surface area contributed by atoms with E-state index in [1.807, 2.05) is 0 Å². The van der Waals surface area contributed by atoms with E-state index < -0.39 is 23.3 Å². The highest BCUT2D eigenvalue weighted by molar-refractivity contribution is 6.33. The quantitative estimate of drug-likeness (QED) is 0.718. The third-order valence-corrected chi connectivity index (χ3v) is 6.36. The van der Waals surface area contributed by atoms with Gasteiger partial charge in [-0.2, -0.15) is 13.2 Å². The van der Waals surface area contributed by atoms with Crippen molar-refractivity contribution in [3.63, 3.8) is 0 Å². The van der Waals surface area contributed by atoms with Crippen molar-refractivity contribution in [2.24, 2.45) is 0 Å². The van der Waals surface area contributed by atoms with E-state index in [4.69, 9.17) is 23.2 Å². The zero-order valence-electron chi connectivity index (χ0n) is 16.2. The molecule has 0 unspecified atom stereocenters. The van der Waals surface area contributed by atoms with Crippen LogP contribution >= 0.6 is 23.2 Å². The number of nitrogens with zero attached hydrogens (tertiary/aromatic N) is 4. The van der Waals surface area contributed by atoms with Crippen molar-refractivity contribution < 1.29 is 27.9 Å². The Labute approximate surface area is 185 Å². The maximum atomic E-state index is 13.4. The standard InChI is InChI=1S/C19H19Cl2F3N4O3/c20-10-7-13(19(22,23)24)17-25-15(16(21)28(17)8-10)18(31)26-5-6-27(14(30)9-26)11-1-3-12(29)4-2-11/h7-8,11-12,29H,1-6,9H2/t11-,12-. The second-order valence-corrected chi connectivity index (χ2v) is 8.59. The van der Waals surface area contributed by atoms with Crippen LogP contribution in [0, 0.1) is 0 Å². The first-order valence-electron chi connectivity index (χ1n) is 9.77. The summed E-state index contributed by atoms with van der Waals surface area (Å²) in [6.07, 6.45) is -1.30. The van der Waals surface area contributed by atoms with Crippen LogP contribution in [0.4, 0.5) is 13.2 Å². The molecule has 0 bridgehead atoms. The molecule has 4 rings (SSSR count). The Morgan fingerprint density at radius 1 is 1.16 bits per heavy atom. The molecule has 0 atom stereocenters. The molecule has 0 spiro atoms. The van der Waals surface area contributed by atoms with Crippen LogP contribution in [0.3, 0.4) is 0 Å². The fourth-order valence-corrected chi connectivity index (χ4v) is 4.65. The van der Waals surface area contributed by atoms with E-state index in [0.29, 0.717) is 32.2 Å². The third-order valence-electron chi connectivity index (χ3n) is 5.79. The summed E-state index contributed by atoms with van der Waals surface area (Å²) in [5.41, 5.74) is -2.01. The fraction of sp³-hybridized carbons (Fsp3) is 0.526. The Morgan fingerprint density at radius 2 is 1.84 bits per heavy atom.